The van der Waals surface area contributed by atoms with E-state index >= 15 is 0 Å². The molecule has 0 aromatic carbocycles. The fourth-order valence-electron chi connectivity index (χ4n) is 2.73. The van der Waals surface area contributed by atoms with E-state index in [0.29, 0.717) is 11.8 Å². The van der Waals surface area contributed by atoms with Gasteiger partial charge in [0, 0.05) is 37.7 Å². The molecule has 0 bridgehead atoms. The Bertz CT molecular complexity index is 436. The average molecular weight is 278 g/mol. The highest BCUT2D eigenvalue weighted by molar-refractivity contribution is 5.60. The van der Waals surface area contributed by atoms with Crippen LogP contribution in [0.15, 0.2) is 6.33 Å². The highest BCUT2D eigenvalue weighted by Crippen LogP contribution is 2.33. The first kappa shape index (κ1) is 15.0. The number of nitrogens with one attached hydrogen (secondary N) is 1. The maximum Gasteiger partial charge on any atom is 0.137 e. The molecule has 1 unspecified atom stereocenters. The van der Waals surface area contributed by atoms with E-state index in [1.165, 1.54) is 5.56 Å². The minimum absolute atomic E-state index is 0.263. The lowest BCUT2D eigenvalue weighted by atomic mass is 10.0. The lowest BCUT2D eigenvalue weighted by molar-refractivity contribution is 0.238. The molecule has 1 atom stereocenters. The number of anilines is 2. The SMILES string of the molecule is CCCNc1ncnc(N2CCC(CO)C2)c1C(C)C. The largest absolute Gasteiger partial charge is 0.396 e. The maximum absolute atomic E-state index is 9.31. The number of hydrogen-bond acceptors (Lipinski definition) is 5. The molecule has 1 aromatic heterocycles. The molecule has 0 radical (unpaired) electrons. The van der Waals surface area contributed by atoms with Gasteiger partial charge in [-0.05, 0) is 18.8 Å². The molecule has 112 valence electrons. The average Bonchev–Trinajstić information content (AvgIpc) is 2.93. The van der Waals surface area contributed by atoms with Crippen LogP contribution in [0.5, 0.6) is 0 Å². The Balaban J connectivity index is 2.27. The smallest absolute Gasteiger partial charge is 0.137 e. The van der Waals surface area contributed by atoms with Crippen LogP contribution >= 0.6 is 0 Å². The Morgan fingerprint density at radius 3 is 2.85 bits per heavy atom. The molecule has 1 aromatic rings. The van der Waals surface area contributed by atoms with Gasteiger partial charge in [-0.25, -0.2) is 9.97 Å². The Morgan fingerprint density at radius 1 is 1.45 bits per heavy atom. The molecule has 20 heavy (non-hydrogen) atoms. The Morgan fingerprint density at radius 2 is 2.25 bits per heavy atom. The highest BCUT2D eigenvalue weighted by Gasteiger charge is 2.26. The van der Waals surface area contributed by atoms with Crippen molar-refractivity contribution in [3.63, 3.8) is 0 Å². The molecule has 1 fully saturated rings. The van der Waals surface area contributed by atoms with Gasteiger partial charge in [-0.2, -0.15) is 0 Å². The van der Waals surface area contributed by atoms with E-state index in [2.05, 4.69) is 41.0 Å². The number of hydrogen-bond donors (Lipinski definition) is 2. The topological polar surface area (TPSA) is 61.3 Å². The van der Waals surface area contributed by atoms with E-state index in [9.17, 15) is 5.11 Å². The van der Waals surface area contributed by atoms with Gasteiger partial charge in [0.05, 0.1) is 0 Å². The number of nitrogens with zero attached hydrogens (tertiary/aromatic N) is 3. The van der Waals surface area contributed by atoms with Crippen molar-refractivity contribution in [1.29, 1.82) is 0 Å². The van der Waals surface area contributed by atoms with E-state index in [0.717, 1.165) is 44.1 Å². The molecule has 0 saturated carbocycles. The standard InChI is InChI=1S/C15H26N4O/c1-4-6-16-14-13(11(2)3)15(18-10-17-14)19-7-5-12(8-19)9-20/h10-12,20H,4-9H2,1-3H3,(H,16,17,18). The molecule has 1 saturated heterocycles. The highest BCUT2D eigenvalue weighted by atomic mass is 16.3. The van der Waals surface area contributed by atoms with E-state index in [1.807, 2.05) is 0 Å². The van der Waals surface area contributed by atoms with Crippen LogP contribution in [0.25, 0.3) is 0 Å². The minimum atomic E-state index is 0.263. The van der Waals surface area contributed by atoms with Crippen molar-refractivity contribution in [1.82, 2.24) is 9.97 Å². The van der Waals surface area contributed by atoms with Crippen LogP contribution in [0.3, 0.4) is 0 Å². The summed E-state index contributed by atoms with van der Waals surface area (Å²) in [6, 6.07) is 0. The maximum atomic E-state index is 9.31. The number of aliphatic hydroxyl groups excluding tert-OH is 1. The van der Waals surface area contributed by atoms with Crippen LogP contribution in [-0.4, -0.2) is 41.3 Å². The lowest BCUT2D eigenvalue weighted by Crippen LogP contribution is -2.24. The molecule has 0 spiro atoms. The van der Waals surface area contributed by atoms with Crippen LogP contribution in [0, 0.1) is 5.92 Å². The van der Waals surface area contributed by atoms with Gasteiger partial charge in [0.1, 0.15) is 18.0 Å². The summed E-state index contributed by atoms with van der Waals surface area (Å²) < 4.78 is 0. The first-order valence-electron chi connectivity index (χ1n) is 7.61. The lowest BCUT2D eigenvalue weighted by Gasteiger charge is -2.24. The summed E-state index contributed by atoms with van der Waals surface area (Å²) in [5, 5.41) is 12.7. The normalized spacial score (nSPS) is 18.9. The molecule has 2 rings (SSSR count). The molecule has 5 heteroatoms. The van der Waals surface area contributed by atoms with Crippen molar-refractivity contribution in [3.05, 3.63) is 11.9 Å². The zero-order valence-electron chi connectivity index (χ0n) is 12.8. The van der Waals surface area contributed by atoms with E-state index in [-0.39, 0.29) is 6.61 Å². The molecule has 0 aliphatic carbocycles. The summed E-state index contributed by atoms with van der Waals surface area (Å²) in [6.07, 6.45) is 3.76. The second-order valence-electron chi connectivity index (χ2n) is 5.82. The van der Waals surface area contributed by atoms with E-state index in [4.69, 9.17) is 0 Å². The van der Waals surface area contributed by atoms with Gasteiger partial charge in [0.25, 0.3) is 0 Å². The monoisotopic (exact) mass is 278 g/mol. The molecule has 5 nitrogen and oxygen atoms in total. The molecule has 1 aliphatic rings. The van der Waals surface area contributed by atoms with Gasteiger partial charge in [0.2, 0.25) is 0 Å². The van der Waals surface area contributed by atoms with Gasteiger partial charge in [-0.1, -0.05) is 20.8 Å². The summed E-state index contributed by atoms with van der Waals surface area (Å²) in [5.74, 6) is 2.74. The van der Waals surface area contributed by atoms with Crippen molar-refractivity contribution < 1.29 is 5.11 Å². The first-order chi connectivity index (χ1) is 9.67. The Labute approximate surface area is 121 Å². The molecule has 0 amide bonds. The third-order valence-electron chi connectivity index (χ3n) is 3.83. The second-order valence-corrected chi connectivity index (χ2v) is 5.82. The zero-order valence-corrected chi connectivity index (χ0v) is 12.8. The second kappa shape index (κ2) is 6.88. The van der Waals surface area contributed by atoms with Crippen LogP contribution in [-0.2, 0) is 0 Å². The van der Waals surface area contributed by atoms with Gasteiger partial charge in [0.15, 0.2) is 0 Å². The molecule has 2 N–H and O–H groups in total. The van der Waals surface area contributed by atoms with Gasteiger partial charge < -0.3 is 15.3 Å². The fourth-order valence-corrected chi connectivity index (χ4v) is 2.73. The first-order valence-corrected chi connectivity index (χ1v) is 7.61. The van der Waals surface area contributed by atoms with Gasteiger partial charge in [-0.15, -0.1) is 0 Å². The minimum Gasteiger partial charge on any atom is -0.396 e. The summed E-state index contributed by atoms with van der Waals surface area (Å²) in [4.78, 5) is 11.2. The van der Waals surface area contributed by atoms with E-state index in [1.54, 1.807) is 6.33 Å². The van der Waals surface area contributed by atoms with Gasteiger partial charge in [-0.3, -0.25) is 0 Å². The zero-order chi connectivity index (χ0) is 14.5. The van der Waals surface area contributed by atoms with Crippen LogP contribution < -0.4 is 10.2 Å². The summed E-state index contributed by atoms with van der Waals surface area (Å²) >= 11 is 0. The molecule has 2 heterocycles. The predicted molar refractivity (Wildman–Crippen MR) is 82.3 cm³/mol. The van der Waals surface area contributed by atoms with Crippen molar-refractivity contribution in [2.45, 2.75) is 39.5 Å². The quantitative estimate of drug-likeness (QED) is 0.835. The van der Waals surface area contributed by atoms with Crippen LogP contribution in [0.2, 0.25) is 0 Å². The van der Waals surface area contributed by atoms with Crippen molar-refractivity contribution in [2.24, 2.45) is 5.92 Å². The van der Waals surface area contributed by atoms with Crippen molar-refractivity contribution in [3.8, 4) is 0 Å². The summed E-state index contributed by atoms with van der Waals surface area (Å²) in [5.41, 5.74) is 1.19. The van der Waals surface area contributed by atoms with Crippen LogP contribution in [0.4, 0.5) is 11.6 Å². The van der Waals surface area contributed by atoms with Crippen molar-refractivity contribution >= 4 is 11.6 Å². The Kier molecular flexibility index (Phi) is 5.17. The van der Waals surface area contributed by atoms with Crippen LogP contribution in [0.1, 0.15) is 45.1 Å². The van der Waals surface area contributed by atoms with Crippen molar-refractivity contribution in [2.75, 3.05) is 36.5 Å². The summed E-state index contributed by atoms with van der Waals surface area (Å²) in [7, 11) is 0. The third-order valence-corrected chi connectivity index (χ3v) is 3.83. The fraction of sp³-hybridized carbons (Fsp3) is 0.733. The number of rotatable bonds is 6. The molecule has 1 aliphatic heterocycles. The number of aliphatic hydroxyl groups is 1. The summed E-state index contributed by atoms with van der Waals surface area (Å²) in [6.45, 7) is 9.55. The third kappa shape index (κ3) is 3.20. The predicted octanol–water partition coefficient (Wildman–Crippen LogP) is 2.24. The molecular weight excluding hydrogens is 252 g/mol. The number of aromatic nitrogens is 2. The van der Waals surface area contributed by atoms with Gasteiger partial charge >= 0.3 is 0 Å². The van der Waals surface area contributed by atoms with E-state index < -0.39 is 0 Å². The molecular formula is C15H26N4O. The Hall–Kier alpha value is -1.36.